The van der Waals surface area contributed by atoms with Crippen molar-refractivity contribution in [1.29, 1.82) is 0 Å². The number of aliphatic carboxylic acids is 1. The molecule has 0 bridgehead atoms. The summed E-state index contributed by atoms with van der Waals surface area (Å²) >= 11 is 5.90. The number of ether oxygens (including phenoxy) is 2. The number of carboxylic acid groups (broad SMARTS) is 1. The van der Waals surface area contributed by atoms with Crippen molar-refractivity contribution in [3.8, 4) is 11.5 Å². The Balaban J connectivity index is 3.24. The molecule has 17 heavy (non-hydrogen) atoms. The predicted molar refractivity (Wildman–Crippen MR) is 65.8 cm³/mol. The van der Waals surface area contributed by atoms with Crippen LogP contribution in [0.5, 0.6) is 11.5 Å². The molecule has 4 nitrogen and oxygen atoms in total. The molecule has 0 heterocycles. The van der Waals surface area contributed by atoms with Gasteiger partial charge in [0, 0.05) is 22.7 Å². The Morgan fingerprint density at radius 2 is 2.24 bits per heavy atom. The topological polar surface area (TPSA) is 55.8 Å². The van der Waals surface area contributed by atoms with Gasteiger partial charge < -0.3 is 14.6 Å². The molecular formula is C12H13ClO4. The van der Waals surface area contributed by atoms with Crippen molar-refractivity contribution < 1.29 is 19.4 Å². The normalized spacial score (nSPS) is 10.5. The summed E-state index contributed by atoms with van der Waals surface area (Å²) in [6, 6.07) is 3.24. The first-order chi connectivity index (χ1) is 8.08. The summed E-state index contributed by atoms with van der Waals surface area (Å²) in [6.45, 7) is 2.28. The monoisotopic (exact) mass is 256 g/mol. The zero-order valence-electron chi connectivity index (χ0n) is 9.57. The molecule has 1 rings (SSSR count). The smallest absolute Gasteiger partial charge is 0.328 e. The molecule has 0 atom stereocenters. The highest BCUT2D eigenvalue weighted by atomic mass is 35.5. The largest absolute Gasteiger partial charge is 0.493 e. The Morgan fingerprint density at radius 3 is 2.76 bits per heavy atom. The fourth-order valence-electron chi connectivity index (χ4n) is 1.32. The molecule has 1 N–H and O–H groups in total. The lowest BCUT2D eigenvalue weighted by Crippen LogP contribution is -1.98. The molecule has 0 aliphatic heterocycles. The first-order valence-electron chi connectivity index (χ1n) is 4.99. The number of halogens is 1. The lowest BCUT2D eigenvalue weighted by molar-refractivity contribution is -0.131. The van der Waals surface area contributed by atoms with Crippen LogP contribution in [0.25, 0.3) is 6.08 Å². The summed E-state index contributed by atoms with van der Waals surface area (Å²) in [4.78, 5) is 10.5. The van der Waals surface area contributed by atoms with E-state index in [1.807, 2.05) is 6.92 Å². The van der Waals surface area contributed by atoms with Crippen LogP contribution in [-0.2, 0) is 4.79 Å². The van der Waals surface area contributed by atoms with Crippen LogP contribution in [0.4, 0.5) is 0 Å². The summed E-state index contributed by atoms with van der Waals surface area (Å²) < 4.78 is 10.6. The van der Waals surface area contributed by atoms with E-state index in [9.17, 15) is 4.79 Å². The van der Waals surface area contributed by atoms with Crippen LogP contribution in [0.2, 0.25) is 5.02 Å². The lowest BCUT2D eigenvalue weighted by Gasteiger charge is -2.12. The maximum atomic E-state index is 10.5. The Labute approximate surface area is 104 Å². The lowest BCUT2D eigenvalue weighted by atomic mass is 10.1. The zero-order chi connectivity index (χ0) is 12.8. The maximum absolute atomic E-state index is 10.5. The summed E-state index contributed by atoms with van der Waals surface area (Å²) in [5.74, 6) is -0.0762. The number of hydrogen-bond donors (Lipinski definition) is 1. The van der Waals surface area contributed by atoms with Crippen LogP contribution >= 0.6 is 11.6 Å². The van der Waals surface area contributed by atoms with Crippen molar-refractivity contribution in [1.82, 2.24) is 0 Å². The first kappa shape index (κ1) is 13.4. The van der Waals surface area contributed by atoms with Gasteiger partial charge in [-0.05, 0) is 19.1 Å². The van der Waals surface area contributed by atoms with Gasteiger partial charge in [0.1, 0.15) is 0 Å². The van der Waals surface area contributed by atoms with Gasteiger partial charge in [0.05, 0.1) is 13.7 Å². The number of methoxy groups -OCH3 is 1. The molecule has 1 aromatic carbocycles. The predicted octanol–water partition coefficient (Wildman–Crippen LogP) is 2.85. The molecule has 0 aliphatic carbocycles. The highest BCUT2D eigenvalue weighted by Crippen LogP contribution is 2.35. The SMILES string of the molecule is CCOc1c(/C=C/C(=O)O)cc(Cl)cc1OC. The molecule has 0 fully saturated rings. The summed E-state index contributed by atoms with van der Waals surface area (Å²) in [6.07, 6.45) is 2.44. The quantitative estimate of drug-likeness (QED) is 0.823. The fourth-order valence-corrected chi connectivity index (χ4v) is 1.54. The third kappa shape index (κ3) is 3.67. The van der Waals surface area contributed by atoms with Gasteiger partial charge >= 0.3 is 5.97 Å². The highest BCUT2D eigenvalue weighted by molar-refractivity contribution is 6.31. The number of carbonyl (C=O) groups is 1. The van der Waals surface area contributed by atoms with Crippen LogP contribution in [0, 0.1) is 0 Å². The van der Waals surface area contributed by atoms with Crippen LogP contribution in [0.15, 0.2) is 18.2 Å². The number of rotatable bonds is 5. The molecule has 0 spiro atoms. The fraction of sp³-hybridized carbons (Fsp3) is 0.250. The Bertz CT molecular complexity index is 440. The van der Waals surface area contributed by atoms with Crippen molar-refractivity contribution >= 4 is 23.6 Å². The third-order valence-corrected chi connectivity index (χ3v) is 2.18. The van der Waals surface area contributed by atoms with Gasteiger partial charge in [-0.15, -0.1) is 0 Å². The van der Waals surface area contributed by atoms with Crippen LogP contribution in [0.1, 0.15) is 12.5 Å². The third-order valence-electron chi connectivity index (χ3n) is 1.96. The molecule has 5 heteroatoms. The second-order valence-electron chi connectivity index (χ2n) is 3.13. The van der Waals surface area contributed by atoms with E-state index < -0.39 is 5.97 Å². The maximum Gasteiger partial charge on any atom is 0.328 e. The van der Waals surface area contributed by atoms with Crippen LogP contribution < -0.4 is 9.47 Å². The van der Waals surface area contributed by atoms with Crippen molar-refractivity contribution in [2.75, 3.05) is 13.7 Å². The minimum Gasteiger partial charge on any atom is -0.493 e. The average Bonchev–Trinajstić information content (AvgIpc) is 2.28. The molecule has 1 aromatic rings. The summed E-state index contributed by atoms with van der Waals surface area (Å²) in [5.41, 5.74) is 0.568. The zero-order valence-corrected chi connectivity index (χ0v) is 10.3. The van der Waals surface area contributed by atoms with Crippen molar-refractivity contribution in [3.05, 3.63) is 28.8 Å². The van der Waals surface area contributed by atoms with Crippen molar-refractivity contribution in [3.63, 3.8) is 0 Å². The number of carboxylic acids is 1. The molecule has 0 unspecified atom stereocenters. The van der Waals surface area contributed by atoms with E-state index in [-0.39, 0.29) is 0 Å². The van der Waals surface area contributed by atoms with E-state index in [1.165, 1.54) is 13.2 Å². The molecular weight excluding hydrogens is 244 g/mol. The Kier molecular flexibility index (Phi) is 4.84. The van der Waals surface area contributed by atoms with E-state index in [4.69, 9.17) is 26.2 Å². The minimum atomic E-state index is -1.04. The first-order valence-corrected chi connectivity index (χ1v) is 5.37. The average molecular weight is 257 g/mol. The van der Waals surface area contributed by atoms with Gasteiger partial charge in [-0.2, -0.15) is 0 Å². The number of benzene rings is 1. The second-order valence-corrected chi connectivity index (χ2v) is 3.57. The second kappa shape index (κ2) is 6.15. The molecule has 0 saturated heterocycles. The minimum absolute atomic E-state index is 0.450. The van der Waals surface area contributed by atoms with Crippen LogP contribution in [0.3, 0.4) is 0 Å². The standard InChI is InChI=1S/C12H13ClO4/c1-3-17-12-8(4-5-11(14)15)6-9(13)7-10(12)16-2/h4-7H,3H2,1-2H3,(H,14,15)/b5-4+. The van der Waals surface area contributed by atoms with E-state index in [1.54, 1.807) is 12.1 Å². The van der Waals surface area contributed by atoms with Crippen LogP contribution in [-0.4, -0.2) is 24.8 Å². The van der Waals surface area contributed by atoms with E-state index in [0.29, 0.717) is 28.7 Å². The molecule has 0 amide bonds. The molecule has 0 radical (unpaired) electrons. The van der Waals surface area contributed by atoms with E-state index >= 15 is 0 Å². The van der Waals surface area contributed by atoms with Gasteiger partial charge in [-0.25, -0.2) is 4.79 Å². The summed E-state index contributed by atoms with van der Waals surface area (Å²) in [7, 11) is 1.50. The number of hydrogen-bond acceptors (Lipinski definition) is 3. The molecule has 0 aromatic heterocycles. The molecule has 0 aliphatic rings. The van der Waals surface area contributed by atoms with Crippen molar-refractivity contribution in [2.24, 2.45) is 0 Å². The molecule has 92 valence electrons. The Hall–Kier alpha value is -1.68. The van der Waals surface area contributed by atoms with E-state index in [0.717, 1.165) is 6.08 Å². The van der Waals surface area contributed by atoms with Gasteiger partial charge in [-0.1, -0.05) is 11.6 Å². The van der Waals surface area contributed by atoms with Gasteiger partial charge in [0.15, 0.2) is 11.5 Å². The highest BCUT2D eigenvalue weighted by Gasteiger charge is 2.10. The van der Waals surface area contributed by atoms with Gasteiger partial charge in [0.25, 0.3) is 0 Å². The Morgan fingerprint density at radius 1 is 1.53 bits per heavy atom. The van der Waals surface area contributed by atoms with Gasteiger partial charge in [-0.3, -0.25) is 0 Å². The molecule has 0 saturated carbocycles. The summed E-state index contributed by atoms with van der Waals surface area (Å²) in [5, 5.41) is 9.05. The van der Waals surface area contributed by atoms with E-state index in [2.05, 4.69) is 0 Å². The van der Waals surface area contributed by atoms with Crippen molar-refractivity contribution in [2.45, 2.75) is 6.92 Å². The van der Waals surface area contributed by atoms with Gasteiger partial charge in [0.2, 0.25) is 0 Å².